The quantitative estimate of drug-likeness (QED) is 0.725. The first-order valence-corrected chi connectivity index (χ1v) is 12.2. The van der Waals surface area contributed by atoms with Crippen molar-refractivity contribution in [1.29, 1.82) is 0 Å². The number of aromatic nitrogens is 1. The lowest BCUT2D eigenvalue weighted by atomic mass is 10.0. The van der Waals surface area contributed by atoms with E-state index >= 15 is 0 Å². The van der Waals surface area contributed by atoms with Crippen molar-refractivity contribution >= 4 is 32.5 Å². The normalized spacial score (nSPS) is 20.2. The van der Waals surface area contributed by atoms with Crippen LogP contribution in [0.1, 0.15) is 42.5 Å². The first kappa shape index (κ1) is 22.8. The summed E-state index contributed by atoms with van der Waals surface area (Å²) in [6.07, 6.45) is 5.97. The molecule has 1 aromatic heterocycles. The maximum Gasteiger partial charge on any atom is 0.511 e. The third-order valence-electron chi connectivity index (χ3n) is 6.13. The highest BCUT2D eigenvalue weighted by Gasteiger charge is 2.46. The lowest BCUT2D eigenvalue weighted by Gasteiger charge is -2.29. The fourth-order valence-electron chi connectivity index (χ4n) is 4.43. The van der Waals surface area contributed by atoms with Gasteiger partial charge in [0.1, 0.15) is 0 Å². The van der Waals surface area contributed by atoms with Gasteiger partial charge >= 0.3 is 15.5 Å². The van der Waals surface area contributed by atoms with E-state index in [9.17, 15) is 26.4 Å². The molecular weight excluding hydrogens is 445 g/mol. The first-order chi connectivity index (χ1) is 15.2. The number of pyridine rings is 1. The summed E-state index contributed by atoms with van der Waals surface area (Å²) in [4.78, 5) is 21.4. The second kappa shape index (κ2) is 8.86. The number of hydrogen-bond acceptors (Lipinski definition) is 5. The molecule has 11 heteroatoms. The van der Waals surface area contributed by atoms with E-state index in [1.54, 1.807) is 10.8 Å². The summed E-state index contributed by atoms with van der Waals surface area (Å²) < 4.78 is 62.3. The highest BCUT2D eigenvalue weighted by atomic mass is 32.2. The van der Waals surface area contributed by atoms with Gasteiger partial charge in [0.15, 0.2) is 0 Å². The van der Waals surface area contributed by atoms with Gasteiger partial charge in [0, 0.05) is 49.5 Å². The van der Waals surface area contributed by atoms with Crippen molar-refractivity contribution in [2.75, 3.05) is 31.1 Å². The van der Waals surface area contributed by atoms with E-state index in [4.69, 9.17) is 0 Å². The van der Waals surface area contributed by atoms with Crippen LogP contribution in [0.15, 0.2) is 30.5 Å². The molecule has 174 valence electrons. The minimum atomic E-state index is -5.46. The molecule has 1 atom stereocenters. The summed E-state index contributed by atoms with van der Waals surface area (Å²) in [5.74, 6) is -0.332. The van der Waals surface area contributed by atoms with Crippen molar-refractivity contribution in [2.24, 2.45) is 0 Å². The number of alkyl halides is 3. The predicted molar refractivity (Wildman–Crippen MR) is 115 cm³/mol. The maximum absolute atomic E-state index is 13.4. The van der Waals surface area contributed by atoms with E-state index in [0.717, 1.165) is 31.6 Å². The Morgan fingerprint density at radius 3 is 2.56 bits per heavy atom. The molecule has 1 N–H and O–H groups in total. The number of halogens is 3. The molecule has 0 aliphatic carbocycles. The van der Waals surface area contributed by atoms with Crippen molar-refractivity contribution in [2.45, 2.75) is 43.7 Å². The molecule has 2 aliphatic heterocycles. The van der Waals surface area contributed by atoms with Gasteiger partial charge in [-0.05, 0) is 56.4 Å². The second-order valence-corrected chi connectivity index (χ2v) is 9.96. The monoisotopic (exact) mass is 470 g/mol. The standard InChI is InChI=1S/C21H25F3N4O3S/c22-21(23,24)32(30,31)26-14-16-5-4-12-28(16)20(29)17-8-9-25-19-7-6-15(13-18(17)19)27-10-2-1-3-11-27/h6-9,13,16,26H,1-5,10-12,14H2. The molecule has 0 radical (unpaired) electrons. The largest absolute Gasteiger partial charge is 0.511 e. The van der Waals surface area contributed by atoms with Crippen LogP contribution in [-0.2, 0) is 10.0 Å². The van der Waals surface area contributed by atoms with Crippen molar-refractivity contribution in [3.8, 4) is 0 Å². The van der Waals surface area contributed by atoms with Crippen LogP contribution in [0.3, 0.4) is 0 Å². The Morgan fingerprint density at radius 2 is 1.84 bits per heavy atom. The highest BCUT2D eigenvalue weighted by Crippen LogP contribution is 2.29. The summed E-state index contributed by atoms with van der Waals surface area (Å²) in [6, 6.07) is 6.76. The van der Waals surface area contributed by atoms with Gasteiger partial charge in [0.25, 0.3) is 5.91 Å². The van der Waals surface area contributed by atoms with E-state index in [0.29, 0.717) is 35.9 Å². The van der Waals surface area contributed by atoms with Crippen LogP contribution in [0.25, 0.3) is 10.9 Å². The Hall–Kier alpha value is -2.40. The van der Waals surface area contributed by atoms with Gasteiger partial charge in [0.05, 0.1) is 11.1 Å². The van der Waals surface area contributed by atoms with Crippen LogP contribution in [0.4, 0.5) is 18.9 Å². The molecule has 4 rings (SSSR count). The Bertz CT molecular complexity index is 1100. The van der Waals surface area contributed by atoms with Crippen molar-refractivity contribution < 1.29 is 26.4 Å². The number of likely N-dealkylation sites (tertiary alicyclic amines) is 1. The summed E-state index contributed by atoms with van der Waals surface area (Å²) in [7, 11) is -5.46. The average Bonchev–Trinajstić information content (AvgIpc) is 3.25. The molecule has 2 aliphatic rings. The van der Waals surface area contributed by atoms with Gasteiger partial charge in [-0.15, -0.1) is 0 Å². The zero-order valence-electron chi connectivity index (χ0n) is 17.4. The predicted octanol–water partition coefficient (Wildman–Crippen LogP) is 3.27. The van der Waals surface area contributed by atoms with Gasteiger partial charge < -0.3 is 9.80 Å². The molecule has 3 heterocycles. The van der Waals surface area contributed by atoms with E-state index in [2.05, 4.69) is 9.88 Å². The summed E-state index contributed by atoms with van der Waals surface area (Å²) >= 11 is 0. The Labute approximate surface area is 184 Å². The number of hydrogen-bond donors (Lipinski definition) is 1. The molecule has 2 fully saturated rings. The number of benzene rings is 1. The van der Waals surface area contributed by atoms with Crippen molar-refractivity contribution in [3.05, 3.63) is 36.0 Å². The molecule has 1 aromatic carbocycles. The van der Waals surface area contributed by atoms with E-state index < -0.39 is 28.1 Å². The van der Waals surface area contributed by atoms with Crippen LogP contribution < -0.4 is 9.62 Å². The smallest absolute Gasteiger partial charge is 0.372 e. The molecule has 32 heavy (non-hydrogen) atoms. The van der Waals surface area contributed by atoms with Gasteiger partial charge in [0.2, 0.25) is 0 Å². The average molecular weight is 471 g/mol. The Kier molecular flexibility index (Phi) is 6.30. The summed E-state index contributed by atoms with van der Waals surface area (Å²) in [5.41, 5.74) is -3.30. The number of carbonyl (C=O) groups is 1. The molecule has 2 aromatic rings. The molecule has 2 saturated heterocycles. The van der Waals surface area contributed by atoms with Gasteiger partial charge in [-0.3, -0.25) is 9.78 Å². The number of nitrogens with one attached hydrogen (secondary N) is 1. The van der Waals surface area contributed by atoms with E-state index in [1.165, 1.54) is 17.5 Å². The molecule has 7 nitrogen and oxygen atoms in total. The van der Waals surface area contributed by atoms with Gasteiger partial charge in [-0.25, -0.2) is 13.1 Å². The molecule has 1 amide bonds. The van der Waals surface area contributed by atoms with Crippen LogP contribution >= 0.6 is 0 Å². The van der Waals surface area contributed by atoms with Gasteiger partial charge in [-0.1, -0.05) is 0 Å². The van der Waals surface area contributed by atoms with Crippen LogP contribution in [0, 0.1) is 0 Å². The number of carbonyl (C=O) groups excluding carboxylic acids is 1. The van der Waals surface area contributed by atoms with Gasteiger partial charge in [-0.2, -0.15) is 13.2 Å². The number of fused-ring (bicyclic) bond motifs is 1. The minimum absolute atomic E-state index is 0.332. The molecule has 0 spiro atoms. The summed E-state index contributed by atoms with van der Waals surface area (Å²) in [5, 5.41) is 0.682. The Morgan fingerprint density at radius 1 is 1.09 bits per heavy atom. The van der Waals surface area contributed by atoms with Crippen LogP contribution in [-0.4, -0.2) is 61.9 Å². The van der Waals surface area contributed by atoms with Crippen molar-refractivity contribution in [3.63, 3.8) is 0 Å². The van der Waals surface area contributed by atoms with Crippen LogP contribution in [0.2, 0.25) is 0 Å². The number of anilines is 1. The number of sulfonamides is 1. The van der Waals surface area contributed by atoms with E-state index in [1.807, 2.05) is 18.2 Å². The fourth-order valence-corrected chi connectivity index (χ4v) is 5.00. The first-order valence-electron chi connectivity index (χ1n) is 10.7. The number of nitrogens with zero attached hydrogens (tertiary/aromatic N) is 3. The van der Waals surface area contributed by atoms with Crippen LogP contribution in [0.5, 0.6) is 0 Å². The molecule has 0 bridgehead atoms. The zero-order chi connectivity index (χ0) is 22.9. The molecule has 1 unspecified atom stereocenters. The summed E-state index contributed by atoms with van der Waals surface area (Å²) in [6.45, 7) is 1.77. The van der Waals surface area contributed by atoms with Crippen molar-refractivity contribution in [1.82, 2.24) is 14.6 Å². The molecular formula is C21H25F3N4O3S. The second-order valence-electron chi connectivity index (χ2n) is 8.20. The SMILES string of the molecule is O=C(c1ccnc2ccc(N3CCCCC3)cc12)N1CCCC1CNS(=O)(=O)C(F)(F)F. The maximum atomic E-state index is 13.4. The zero-order valence-corrected chi connectivity index (χ0v) is 18.3. The number of piperidine rings is 1. The fraction of sp³-hybridized carbons (Fsp3) is 0.524. The number of amides is 1. The third-order valence-corrected chi connectivity index (χ3v) is 7.28. The lowest BCUT2D eigenvalue weighted by molar-refractivity contribution is -0.0448. The topological polar surface area (TPSA) is 82.6 Å². The lowest BCUT2D eigenvalue weighted by Crippen LogP contribution is -2.46. The number of rotatable bonds is 5. The van der Waals surface area contributed by atoms with E-state index in [-0.39, 0.29) is 5.91 Å². The third kappa shape index (κ3) is 4.54. The Balaban J connectivity index is 1.58. The minimum Gasteiger partial charge on any atom is -0.372 e. The molecule has 0 saturated carbocycles. The highest BCUT2D eigenvalue weighted by molar-refractivity contribution is 7.90.